The lowest BCUT2D eigenvalue weighted by atomic mass is 10.0. The summed E-state index contributed by atoms with van der Waals surface area (Å²) in [6.45, 7) is 5.92. The molecular weight excluding hydrogens is 330 g/mol. The van der Waals surface area contributed by atoms with Crippen molar-refractivity contribution in [3.05, 3.63) is 35.4 Å². The van der Waals surface area contributed by atoms with Crippen molar-refractivity contribution in [3.63, 3.8) is 0 Å². The maximum atomic E-state index is 12.7. The highest BCUT2D eigenvalue weighted by Gasteiger charge is 2.23. The predicted octanol–water partition coefficient (Wildman–Crippen LogP) is 1.47. The number of hydrogen-bond acceptors (Lipinski definition) is 5. The van der Waals surface area contributed by atoms with Crippen LogP contribution in [0.25, 0.3) is 16.9 Å². The number of hydrogen-bond donors (Lipinski definition) is 3. The van der Waals surface area contributed by atoms with Gasteiger partial charge in [0.2, 0.25) is 0 Å². The Bertz CT molecular complexity index is 936. The van der Waals surface area contributed by atoms with Gasteiger partial charge in [-0.1, -0.05) is 6.92 Å². The van der Waals surface area contributed by atoms with E-state index < -0.39 is 0 Å². The van der Waals surface area contributed by atoms with E-state index in [2.05, 4.69) is 30.9 Å². The van der Waals surface area contributed by atoms with E-state index in [0.717, 1.165) is 60.4 Å². The molecule has 3 aromatic heterocycles. The van der Waals surface area contributed by atoms with E-state index in [4.69, 9.17) is 0 Å². The molecule has 3 aromatic rings. The van der Waals surface area contributed by atoms with Gasteiger partial charge >= 0.3 is 0 Å². The summed E-state index contributed by atoms with van der Waals surface area (Å²) in [4.78, 5) is 17.0. The van der Waals surface area contributed by atoms with Crippen LogP contribution < -0.4 is 10.6 Å². The molecule has 4 rings (SSSR count). The highest BCUT2D eigenvalue weighted by Crippen LogP contribution is 2.26. The van der Waals surface area contributed by atoms with E-state index in [-0.39, 0.29) is 11.9 Å². The van der Waals surface area contributed by atoms with Crippen LogP contribution in [0.15, 0.2) is 18.6 Å². The average molecular weight is 353 g/mol. The van der Waals surface area contributed by atoms with Gasteiger partial charge in [-0.05, 0) is 50.9 Å². The van der Waals surface area contributed by atoms with Crippen LogP contribution in [0, 0.1) is 6.92 Å². The molecule has 8 heteroatoms. The summed E-state index contributed by atoms with van der Waals surface area (Å²) < 4.78 is 1.75. The molecule has 0 atom stereocenters. The lowest BCUT2D eigenvalue weighted by Gasteiger charge is -2.23. The van der Waals surface area contributed by atoms with Gasteiger partial charge in [-0.2, -0.15) is 10.2 Å². The molecule has 1 saturated heterocycles. The summed E-state index contributed by atoms with van der Waals surface area (Å²) in [6, 6.07) is 2.26. The molecule has 0 aromatic carbocycles. The summed E-state index contributed by atoms with van der Waals surface area (Å²) >= 11 is 0. The van der Waals surface area contributed by atoms with Crippen LogP contribution >= 0.6 is 0 Å². The number of nitrogens with zero attached hydrogens (tertiary/aromatic N) is 4. The Hall–Kier alpha value is -2.74. The summed E-state index contributed by atoms with van der Waals surface area (Å²) in [5, 5.41) is 18.0. The predicted molar refractivity (Wildman–Crippen MR) is 98.0 cm³/mol. The van der Waals surface area contributed by atoms with Crippen molar-refractivity contribution < 1.29 is 4.79 Å². The molecule has 3 N–H and O–H groups in total. The van der Waals surface area contributed by atoms with E-state index in [1.165, 1.54) is 6.33 Å². The van der Waals surface area contributed by atoms with Crippen molar-refractivity contribution in [2.75, 3.05) is 13.1 Å². The molecular formula is C18H23N7O. The maximum absolute atomic E-state index is 12.7. The van der Waals surface area contributed by atoms with E-state index in [1.54, 1.807) is 4.52 Å². The lowest BCUT2D eigenvalue weighted by molar-refractivity contribution is 0.0923. The number of aromatic nitrogens is 5. The molecule has 1 aliphatic rings. The molecule has 0 radical (unpaired) electrons. The first kappa shape index (κ1) is 16.7. The highest BCUT2D eigenvalue weighted by atomic mass is 16.2. The number of piperidine rings is 1. The van der Waals surface area contributed by atoms with Crippen LogP contribution in [0.5, 0.6) is 0 Å². The average Bonchev–Trinajstić information content (AvgIpc) is 3.29. The van der Waals surface area contributed by atoms with Gasteiger partial charge in [0.25, 0.3) is 5.91 Å². The summed E-state index contributed by atoms with van der Waals surface area (Å²) in [5.41, 5.74) is 5.08. The number of H-pyrrole nitrogens is 1. The second-order valence-electron chi connectivity index (χ2n) is 6.72. The minimum atomic E-state index is -0.102. The number of carbonyl (C=O) groups excluding carboxylic acids is 1. The molecule has 1 fully saturated rings. The van der Waals surface area contributed by atoms with Crippen LogP contribution in [0.2, 0.25) is 0 Å². The fourth-order valence-electron chi connectivity index (χ4n) is 3.59. The van der Waals surface area contributed by atoms with Gasteiger partial charge in [0, 0.05) is 23.4 Å². The molecule has 136 valence electrons. The number of amides is 1. The number of aryl methyl sites for hydroxylation is 1. The van der Waals surface area contributed by atoms with Crippen LogP contribution in [-0.4, -0.2) is 49.8 Å². The first-order chi connectivity index (χ1) is 12.7. The Morgan fingerprint density at radius 1 is 1.38 bits per heavy atom. The zero-order valence-electron chi connectivity index (χ0n) is 15.0. The number of pyridine rings is 1. The largest absolute Gasteiger partial charge is 0.348 e. The fraction of sp³-hybridized carbons (Fsp3) is 0.444. The SMILES string of the molecule is CCc1c(C(=O)NC2CCNCC2)n[nH]c1-c1cc(C)c2ncnn2c1. The monoisotopic (exact) mass is 353 g/mol. The molecule has 0 bridgehead atoms. The van der Waals surface area contributed by atoms with Gasteiger partial charge in [0.05, 0.1) is 5.69 Å². The maximum Gasteiger partial charge on any atom is 0.272 e. The van der Waals surface area contributed by atoms with Crippen LogP contribution in [-0.2, 0) is 6.42 Å². The number of nitrogens with one attached hydrogen (secondary N) is 3. The minimum absolute atomic E-state index is 0.102. The van der Waals surface area contributed by atoms with Gasteiger partial charge in [-0.15, -0.1) is 0 Å². The third-order valence-electron chi connectivity index (χ3n) is 4.96. The van der Waals surface area contributed by atoms with Crippen molar-refractivity contribution in [2.45, 2.75) is 39.2 Å². The third-order valence-corrected chi connectivity index (χ3v) is 4.96. The Balaban J connectivity index is 1.66. The van der Waals surface area contributed by atoms with Crippen LogP contribution in [0.4, 0.5) is 0 Å². The first-order valence-corrected chi connectivity index (χ1v) is 9.06. The number of fused-ring (bicyclic) bond motifs is 1. The van der Waals surface area contributed by atoms with E-state index in [9.17, 15) is 4.79 Å². The van der Waals surface area contributed by atoms with Gasteiger partial charge in [0.15, 0.2) is 11.3 Å². The zero-order chi connectivity index (χ0) is 18.1. The standard InChI is InChI=1S/C18H23N7O/c1-3-14-15(12-8-11(2)17-20-10-21-25(17)9-12)23-24-16(14)18(26)22-13-4-6-19-7-5-13/h8-10,13,19H,3-7H2,1-2H3,(H,22,26)(H,23,24). The fourth-order valence-corrected chi connectivity index (χ4v) is 3.59. The van der Waals surface area contributed by atoms with E-state index >= 15 is 0 Å². The molecule has 8 nitrogen and oxygen atoms in total. The molecule has 1 amide bonds. The minimum Gasteiger partial charge on any atom is -0.348 e. The Labute approximate surface area is 151 Å². The van der Waals surface area contributed by atoms with Crippen LogP contribution in [0.1, 0.15) is 41.4 Å². The van der Waals surface area contributed by atoms with Crippen molar-refractivity contribution in [1.82, 2.24) is 35.4 Å². The van der Waals surface area contributed by atoms with E-state index in [1.807, 2.05) is 26.1 Å². The van der Waals surface area contributed by atoms with E-state index in [0.29, 0.717) is 5.69 Å². The molecule has 0 spiro atoms. The van der Waals surface area contributed by atoms with Crippen LogP contribution in [0.3, 0.4) is 0 Å². The van der Waals surface area contributed by atoms with Gasteiger partial charge in [0.1, 0.15) is 6.33 Å². The molecule has 1 aliphatic heterocycles. The second-order valence-corrected chi connectivity index (χ2v) is 6.72. The molecule has 0 unspecified atom stereocenters. The lowest BCUT2D eigenvalue weighted by Crippen LogP contribution is -2.43. The molecule has 4 heterocycles. The topological polar surface area (TPSA) is 100 Å². The van der Waals surface area contributed by atoms with Gasteiger partial charge in [-0.25, -0.2) is 9.50 Å². The first-order valence-electron chi connectivity index (χ1n) is 9.06. The Morgan fingerprint density at radius 2 is 2.19 bits per heavy atom. The zero-order valence-corrected chi connectivity index (χ0v) is 15.0. The number of carbonyl (C=O) groups is 1. The normalized spacial score (nSPS) is 15.5. The summed E-state index contributed by atoms with van der Waals surface area (Å²) in [5.74, 6) is -0.102. The Kier molecular flexibility index (Phi) is 4.42. The Morgan fingerprint density at radius 3 is 2.96 bits per heavy atom. The van der Waals surface area contributed by atoms with Crippen molar-refractivity contribution >= 4 is 11.6 Å². The molecule has 0 aliphatic carbocycles. The molecule has 0 saturated carbocycles. The third kappa shape index (κ3) is 2.96. The highest BCUT2D eigenvalue weighted by molar-refractivity contribution is 5.95. The number of rotatable bonds is 4. The smallest absolute Gasteiger partial charge is 0.272 e. The molecule has 26 heavy (non-hydrogen) atoms. The van der Waals surface area contributed by atoms with Crippen molar-refractivity contribution in [2.24, 2.45) is 0 Å². The summed E-state index contributed by atoms with van der Waals surface area (Å²) in [6.07, 6.45) is 6.07. The van der Waals surface area contributed by atoms with Crippen molar-refractivity contribution in [1.29, 1.82) is 0 Å². The second kappa shape index (κ2) is 6.87. The van der Waals surface area contributed by atoms with Crippen molar-refractivity contribution in [3.8, 4) is 11.3 Å². The summed E-state index contributed by atoms with van der Waals surface area (Å²) in [7, 11) is 0. The van der Waals surface area contributed by atoms with Gasteiger partial charge in [-0.3, -0.25) is 9.89 Å². The van der Waals surface area contributed by atoms with Gasteiger partial charge < -0.3 is 10.6 Å². The quantitative estimate of drug-likeness (QED) is 0.659. The number of aromatic amines is 1.